The molecule has 16 heavy (non-hydrogen) atoms. The first-order valence-electron chi connectivity index (χ1n) is 4.67. The molecule has 0 atom stereocenters. The summed E-state index contributed by atoms with van der Waals surface area (Å²) in [6, 6.07) is 0. The molecule has 0 aromatic carbocycles. The molecule has 1 aliphatic heterocycles. The van der Waals surface area contributed by atoms with Crippen molar-refractivity contribution in [3.8, 4) is 0 Å². The molecule has 4 nitrogen and oxygen atoms in total. The van der Waals surface area contributed by atoms with Crippen LogP contribution in [0.2, 0.25) is 0 Å². The third-order valence-electron chi connectivity index (χ3n) is 2.21. The zero-order valence-electron chi connectivity index (χ0n) is 8.23. The first kappa shape index (κ1) is 11.7. The Balaban J connectivity index is 2.16. The minimum Gasteiger partial charge on any atom is -0.378 e. The van der Waals surface area contributed by atoms with Crippen molar-refractivity contribution < 1.29 is 13.5 Å². The second-order valence-electron chi connectivity index (χ2n) is 3.19. The summed E-state index contributed by atoms with van der Waals surface area (Å²) in [5.41, 5.74) is -0.318. The van der Waals surface area contributed by atoms with Gasteiger partial charge >= 0.3 is 0 Å². The SMILES string of the molecule is FC(F)c1nnsc1C(=S)N1CCOCC1. The fourth-order valence-corrected chi connectivity index (χ4v) is 2.44. The van der Waals surface area contributed by atoms with E-state index in [-0.39, 0.29) is 5.69 Å². The zero-order valence-corrected chi connectivity index (χ0v) is 9.86. The molecule has 0 spiro atoms. The Morgan fingerprint density at radius 3 is 2.75 bits per heavy atom. The molecule has 0 unspecified atom stereocenters. The summed E-state index contributed by atoms with van der Waals surface area (Å²) < 4.78 is 33.9. The van der Waals surface area contributed by atoms with E-state index in [1.54, 1.807) is 0 Å². The number of hydrogen-bond donors (Lipinski definition) is 0. The van der Waals surface area contributed by atoms with Gasteiger partial charge in [-0.3, -0.25) is 0 Å². The smallest absolute Gasteiger partial charge is 0.283 e. The summed E-state index contributed by atoms with van der Waals surface area (Å²) in [7, 11) is 0. The third-order valence-corrected chi connectivity index (χ3v) is 3.55. The van der Waals surface area contributed by atoms with Crippen molar-refractivity contribution in [1.82, 2.24) is 14.5 Å². The van der Waals surface area contributed by atoms with Crippen molar-refractivity contribution in [1.29, 1.82) is 0 Å². The lowest BCUT2D eigenvalue weighted by Crippen LogP contribution is -2.40. The monoisotopic (exact) mass is 265 g/mol. The van der Waals surface area contributed by atoms with Crippen molar-refractivity contribution >= 4 is 28.7 Å². The average Bonchev–Trinajstić information content (AvgIpc) is 2.78. The number of thiocarbonyl (C=S) groups is 1. The van der Waals surface area contributed by atoms with Gasteiger partial charge < -0.3 is 9.64 Å². The summed E-state index contributed by atoms with van der Waals surface area (Å²) in [6.07, 6.45) is -2.63. The molecule has 1 aliphatic rings. The van der Waals surface area contributed by atoms with Crippen LogP contribution in [0.1, 0.15) is 17.0 Å². The molecule has 8 heteroatoms. The van der Waals surface area contributed by atoms with Crippen molar-refractivity contribution in [3.63, 3.8) is 0 Å². The van der Waals surface area contributed by atoms with E-state index >= 15 is 0 Å². The summed E-state index contributed by atoms with van der Waals surface area (Å²) >= 11 is 6.08. The minimum absolute atomic E-state index is 0.298. The standard InChI is InChI=1S/C8H9F2N3OS2/c9-7(10)5-6(16-12-11-5)8(15)13-1-3-14-4-2-13/h7H,1-4H2. The van der Waals surface area contributed by atoms with Crippen LogP contribution in [0.15, 0.2) is 0 Å². The molecular weight excluding hydrogens is 256 g/mol. The molecule has 0 saturated carbocycles. The van der Waals surface area contributed by atoms with Gasteiger partial charge in [-0.25, -0.2) is 8.78 Å². The van der Waals surface area contributed by atoms with Gasteiger partial charge in [0.05, 0.1) is 13.2 Å². The van der Waals surface area contributed by atoms with E-state index in [0.717, 1.165) is 11.5 Å². The lowest BCUT2D eigenvalue weighted by molar-refractivity contribution is 0.0692. The zero-order chi connectivity index (χ0) is 11.5. The highest BCUT2D eigenvalue weighted by Crippen LogP contribution is 2.24. The Labute approximate surface area is 100 Å². The van der Waals surface area contributed by atoms with Crippen molar-refractivity contribution in [2.45, 2.75) is 6.43 Å². The fourth-order valence-electron chi connectivity index (χ4n) is 1.40. The van der Waals surface area contributed by atoms with E-state index in [9.17, 15) is 8.78 Å². The normalized spacial score (nSPS) is 16.8. The first-order chi connectivity index (χ1) is 7.70. The number of alkyl halides is 2. The highest BCUT2D eigenvalue weighted by atomic mass is 32.1. The second-order valence-corrected chi connectivity index (χ2v) is 4.33. The van der Waals surface area contributed by atoms with Crippen LogP contribution in [0, 0.1) is 0 Å². The Hall–Kier alpha value is -0.730. The van der Waals surface area contributed by atoms with Crippen molar-refractivity contribution in [2.24, 2.45) is 0 Å². The van der Waals surface area contributed by atoms with Crippen LogP contribution in [0.25, 0.3) is 0 Å². The largest absolute Gasteiger partial charge is 0.378 e. The summed E-state index contributed by atoms with van der Waals surface area (Å²) in [4.78, 5) is 2.54. The molecule has 0 bridgehead atoms. The molecule has 1 fully saturated rings. The molecular formula is C8H9F2N3OS2. The molecule has 2 heterocycles. The van der Waals surface area contributed by atoms with Crippen LogP contribution in [0.4, 0.5) is 8.78 Å². The lowest BCUT2D eigenvalue weighted by Gasteiger charge is -2.28. The van der Waals surface area contributed by atoms with E-state index < -0.39 is 6.43 Å². The molecule has 0 radical (unpaired) electrons. The van der Waals surface area contributed by atoms with E-state index in [1.165, 1.54) is 0 Å². The Morgan fingerprint density at radius 2 is 2.12 bits per heavy atom. The number of rotatable bonds is 2. The van der Waals surface area contributed by atoms with Crippen LogP contribution in [0.3, 0.4) is 0 Å². The predicted molar refractivity (Wildman–Crippen MR) is 59.0 cm³/mol. The molecule has 1 aromatic heterocycles. The number of ether oxygens (including phenoxy) is 1. The predicted octanol–water partition coefficient (Wildman–Crippen LogP) is 1.48. The van der Waals surface area contributed by atoms with Gasteiger partial charge in [-0.15, -0.1) is 5.10 Å². The van der Waals surface area contributed by atoms with E-state index in [2.05, 4.69) is 9.59 Å². The molecule has 0 N–H and O–H groups in total. The van der Waals surface area contributed by atoms with E-state index in [0.29, 0.717) is 36.2 Å². The van der Waals surface area contributed by atoms with Crippen molar-refractivity contribution in [3.05, 3.63) is 10.6 Å². The van der Waals surface area contributed by atoms with Crippen LogP contribution < -0.4 is 0 Å². The number of morpholine rings is 1. The van der Waals surface area contributed by atoms with Gasteiger partial charge in [0.2, 0.25) is 0 Å². The Morgan fingerprint density at radius 1 is 1.44 bits per heavy atom. The van der Waals surface area contributed by atoms with Crippen LogP contribution in [0.5, 0.6) is 0 Å². The average molecular weight is 265 g/mol. The van der Waals surface area contributed by atoms with Gasteiger partial charge in [0.1, 0.15) is 9.87 Å². The fraction of sp³-hybridized carbons (Fsp3) is 0.625. The summed E-state index contributed by atoms with van der Waals surface area (Å²) in [5.74, 6) is 0. The topological polar surface area (TPSA) is 38.2 Å². The van der Waals surface area contributed by atoms with E-state index in [4.69, 9.17) is 17.0 Å². The Bertz CT molecular complexity index is 379. The van der Waals surface area contributed by atoms with Gasteiger partial charge in [0.25, 0.3) is 6.43 Å². The number of halogens is 2. The molecule has 0 aliphatic carbocycles. The van der Waals surface area contributed by atoms with Gasteiger partial charge in [-0.1, -0.05) is 16.7 Å². The highest BCUT2D eigenvalue weighted by Gasteiger charge is 2.24. The third kappa shape index (κ3) is 2.33. The molecule has 1 saturated heterocycles. The van der Waals surface area contributed by atoms with E-state index in [1.807, 2.05) is 4.90 Å². The van der Waals surface area contributed by atoms with Gasteiger partial charge in [-0.2, -0.15) is 0 Å². The maximum Gasteiger partial charge on any atom is 0.283 e. The molecule has 88 valence electrons. The summed E-state index contributed by atoms with van der Waals surface area (Å²) in [6.45, 7) is 2.38. The van der Waals surface area contributed by atoms with Gasteiger partial charge in [0, 0.05) is 13.1 Å². The number of nitrogens with zero attached hydrogens (tertiary/aromatic N) is 3. The van der Waals surface area contributed by atoms with Crippen LogP contribution in [-0.2, 0) is 4.74 Å². The quantitative estimate of drug-likeness (QED) is 0.757. The summed E-state index contributed by atoms with van der Waals surface area (Å²) in [5, 5.41) is 3.40. The molecule has 1 aromatic rings. The molecule has 2 rings (SSSR count). The van der Waals surface area contributed by atoms with Crippen LogP contribution in [-0.4, -0.2) is 45.8 Å². The van der Waals surface area contributed by atoms with Crippen molar-refractivity contribution in [2.75, 3.05) is 26.3 Å². The highest BCUT2D eigenvalue weighted by molar-refractivity contribution is 7.81. The maximum absolute atomic E-state index is 12.6. The molecule has 0 amide bonds. The maximum atomic E-state index is 12.6. The minimum atomic E-state index is -2.63. The number of aromatic nitrogens is 2. The lowest BCUT2D eigenvalue weighted by atomic mass is 10.3. The van der Waals surface area contributed by atoms with Crippen LogP contribution >= 0.6 is 23.8 Å². The Kier molecular flexibility index (Phi) is 3.72. The number of hydrogen-bond acceptors (Lipinski definition) is 5. The first-order valence-corrected chi connectivity index (χ1v) is 5.85. The second kappa shape index (κ2) is 5.07. The van der Waals surface area contributed by atoms with Gasteiger partial charge in [-0.05, 0) is 11.5 Å². The van der Waals surface area contributed by atoms with Gasteiger partial charge in [0.15, 0.2) is 5.69 Å².